The number of likely N-dealkylation sites (N-methyl/N-ethyl adjacent to an activating group) is 1. The molecule has 0 heterocycles. The van der Waals surface area contributed by atoms with E-state index in [-0.39, 0.29) is 5.91 Å². The molecule has 0 aliphatic carbocycles. The molecule has 27 heavy (non-hydrogen) atoms. The van der Waals surface area contributed by atoms with Crippen LogP contribution in [0.2, 0.25) is 0 Å². The molecule has 144 valence electrons. The third-order valence-corrected chi connectivity index (χ3v) is 5.04. The normalized spacial score (nSPS) is 11.5. The Morgan fingerprint density at radius 2 is 1.74 bits per heavy atom. The van der Waals surface area contributed by atoms with E-state index >= 15 is 0 Å². The fourth-order valence-corrected chi connectivity index (χ4v) is 3.19. The second-order valence-electron chi connectivity index (χ2n) is 5.85. The lowest BCUT2D eigenvalue weighted by molar-refractivity contribution is -0.136. The molecule has 0 fully saturated rings. The van der Waals surface area contributed by atoms with Crippen molar-refractivity contribution in [1.82, 2.24) is 4.90 Å². The van der Waals surface area contributed by atoms with Gasteiger partial charge in [0.2, 0.25) is 0 Å². The molecular weight excluding hydrogens is 366 g/mol. The number of aliphatic carboxylic acids is 1. The van der Waals surface area contributed by atoms with Crippen molar-refractivity contribution in [3.63, 3.8) is 0 Å². The Labute approximate surface area is 163 Å². The number of rotatable bonds is 9. The van der Waals surface area contributed by atoms with Gasteiger partial charge in [0.05, 0.1) is 19.2 Å². The van der Waals surface area contributed by atoms with Crippen LogP contribution in [0.15, 0.2) is 53.4 Å². The maximum Gasteiger partial charge on any atom is 0.316 e. The SMILES string of the molecule is COc1ccc(OCCN(C)C(=O)c2ccccc2SC(C)C(=O)O)cc1. The minimum absolute atomic E-state index is 0.172. The molecule has 0 aliphatic heterocycles. The Morgan fingerprint density at radius 1 is 1.11 bits per heavy atom. The number of carboxylic acids is 1. The summed E-state index contributed by atoms with van der Waals surface area (Å²) in [5.41, 5.74) is 0.488. The lowest BCUT2D eigenvalue weighted by Crippen LogP contribution is -2.31. The van der Waals surface area contributed by atoms with E-state index in [1.807, 2.05) is 0 Å². The number of hydrogen-bond acceptors (Lipinski definition) is 5. The standard InChI is InChI=1S/C20H23NO5S/c1-14(20(23)24)27-18-7-5-4-6-17(18)19(22)21(2)12-13-26-16-10-8-15(25-3)9-11-16/h4-11,14H,12-13H2,1-3H3,(H,23,24). The van der Waals surface area contributed by atoms with Crippen LogP contribution in [0.4, 0.5) is 0 Å². The number of hydrogen-bond donors (Lipinski definition) is 1. The van der Waals surface area contributed by atoms with Gasteiger partial charge in [-0.15, -0.1) is 11.8 Å². The first kappa shape index (κ1) is 20.6. The van der Waals surface area contributed by atoms with Gasteiger partial charge >= 0.3 is 5.97 Å². The summed E-state index contributed by atoms with van der Waals surface area (Å²) in [7, 11) is 3.30. The van der Waals surface area contributed by atoms with Gasteiger partial charge in [-0.05, 0) is 43.3 Å². The number of carbonyl (C=O) groups is 2. The summed E-state index contributed by atoms with van der Waals surface area (Å²) in [5, 5.41) is 8.46. The molecule has 2 rings (SSSR count). The second-order valence-corrected chi connectivity index (χ2v) is 7.23. The highest BCUT2D eigenvalue weighted by atomic mass is 32.2. The molecule has 0 bridgehead atoms. The van der Waals surface area contributed by atoms with Crippen molar-refractivity contribution in [2.24, 2.45) is 0 Å². The molecule has 0 aromatic heterocycles. The first-order valence-electron chi connectivity index (χ1n) is 8.43. The van der Waals surface area contributed by atoms with Gasteiger partial charge in [0.25, 0.3) is 5.91 Å². The second kappa shape index (κ2) is 9.87. The van der Waals surface area contributed by atoms with Gasteiger partial charge in [0.15, 0.2) is 0 Å². The summed E-state index contributed by atoms with van der Waals surface area (Å²) in [5.74, 6) is 0.361. The number of methoxy groups -OCH3 is 1. The predicted molar refractivity (Wildman–Crippen MR) is 105 cm³/mol. The first-order chi connectivity index (χ1) is 12.9. The molecule has 0 aliphatic rings. The van der Waals surface area contributed by atoms with Crippen molar-refractivity contribution in [2.45, 2.75) is 17.1 Å². The van der Waals surface area contributed by atoms with E-state index in [1.165, 1.54) is 0 Å². The maximum absolute atomic E-state index is 12.7. The summed E-state index contributed by atoms with van der Waals surface area (Å²) >= 11 is 1.16. The maximum atomic E-state index is 12.7. The zero-order chi connectivity index (χ0) is 19.8. The Kier molecular flexibility index (Phi) is 7.55. The molecule has 1 N–H and O–H groups in total. The zero-order valence-corrected chi connectivity index (χ0v) is 16.4. The van der Waals surface area contributed by atoms with Crippen molar-refractivity contribution in [1.29, 1.82) is 0 Å². The van der Waals surface area contributed by atoms with E-state index in [0.717, 1.165) is 17.5 Å². The van der Waals surface area contributed by atoms with Gasteiger partial charge in [0, 0.05) is 11.9 Å². The van der Waals surface area contributed by atoms with Gasteiger partial charge in [-0.25, -0.2) is 0 Å². The van der Waals surface area contributed by atoms with Crippen LogP contribution in [-0.4, -0.2) is 54.4 Å². The van der Waals surface area contributed by atoms with Crippen molar-refractivity contribution >= 4 is 23.6 Å². The highest BCUT2D eigenvalue weighted by Crippen LogP contribution is 2.27. The summed E-state index contributed by atoms with van der Waals surface area (Å²) in [6, 6.07) is 14.3. The van der Waals surface area contributed by atoms with E-state index in [9.17, 15) is 9.59 Å². The van der Waals surface area contributed by atoms with Crippen LogP contribution >= 0.6 is 11.8 Å². The van der Waals surface area contributed by atoms with Crippen LogP contribution in [-0.2, 0) is 4.79 Å². The van der Waals surface area contributed by atoms with Crippen molar-refractivity contribution in [3.8, 4) is 11.5 Å². The molecule has 0 radical (unpaired) electrons. The number of thioether (sulfide) groups is 1. The third kappa shape index (κ3) is 5.92. The van der Waals surface area contributed by atoms with Crippen LogP contribution in [0.1, 0.15) is 17.3 Å². The molecule has 6 nitrogen and oxygen atoms in total. The molecule has 1 amide bonds. The average Bonchev–Trinajstić information content (AvgIpc) is 2.68. The monoisotopic (exact) mass is 389 g/mol. The number of ether oxygens (including phenoxy) is 2. The van der Waals surface area contributed by atoms with Crippen LogP contribution in [0.3, 0.4) is 0 Å². The molecule has 2 aromatic rings. The Hall–Kier alpha value is -2.67. The Morgan fingerprint density at radius 3 is 2.37 bits per heavy atom. The van der Waals surface area contributed by atoms with Crippen LogP contribution in [0.25, 0.3) is 0 Å². The molecule has 7 heteroatoms. The fraction of sp³-hybridized carbons (Fsp3) is 0.300. The Balaban J connectivity index is 1.95. The lowest BCUT2D eigenvalue weighted by atomic mass is 10.2. The summed E-state index contributed by atoms with van der Waals surface area (Å²) in [6.45, 7) is 2.34. The molecule has 0 spiro atoms. The van der Waals surface area contributed by atoms with E-state index < -0.39 is 11.2 Å². The molecule has 1 unspecified atom stereocenters. The Bertz CT molecular complexity index is 778. The number of benzene rings is 2. The van der Waals surface area contributed by atoms with E-state index in [0.29, 0.717) is 29.4 Å². The molecule has 2 aromatic carbocycles. The molecule has 0 saturated heterocycles. The number of carboxylic acid groups (broad SMARTS) is 1. The highest BCUT2D eigenvalue weighted by Gasteiger charge is 2.19. The van der Waals surface area contributed by atoms with Gasteiger partial charge < -0.3 is 19.5 Å². The quantitative estimate of drug-likeness (QED) is 0.663. The number of carbonyl (C=O) groups excluding carboxylic acids is 1. The van der Waals surface area contributed by atoms with Crippen molar-refractivity contribution < 1.29 is 24.2 Å². The summed E-state index contributed by atoms with van der Waals surface area (Å²) in [6.07, 6.45) is 0. The summed E-state index contributed by atoms with van der Waals surface area (Å²) in [4.78, 5) is 26.0. The highest BCUT2D eigenvalue weighted by molar-refractivity contribution is 8.00. The van der Waals surface area contributed by atoms with E-state index in [1.54, 1.807) is 74.5 Å². The fourth-order valence-electron chi connectivity index (χ4n) is 2.27. The number of amides is 1. The third-order valence-electron chi connectivity index (χ3n) is 3.87. The average molecular weight is 389 g/mol. The zero-order valence-electron chi connectivity index (χ0n) is 15.5. The predicted octanol–water partition coefficient (Wildman–Crippen LogP) is 3.41. The van der Waals surface area contributed by atoms with Gasteiger partial charge in [-0.3, -0.25) is 9.59 Å². The molecule has 0 saturated carbocycles. The molecular formula is C20H23NO5S. The first-order valence-corrected chi connectivity index (χ1v) is 9.31. The number of nitrogens with zero attached hydrogens (tertiary/aromatic N) is 1. The topological polar surface area (TPSA) is 76.1 Å². The smallest absolute Gasteiger partial charge is 0.316 e. The van der Waals surface area contributed by atoms with E-state index in [4.69, 9.17) is 14.6 Å². The van der Waals surface area contributed by atoms with Gasteiger partial charge in [-0.1, -0.05) is 12.1 Å². The lowest BCUT2D eigenvalue weighted by Gasteiger charge is -2.19. The van der Waals surface area contributed by atoms with E-state index in [2.05, 4.69) is 0 Å². The minimum atomic E-state index is -0.913. The minimum Gasteiger partial charge on any atom is -0.497 e. The largest absolute Gasteiger partial charge is 0.497 e. The van der Waals surface area contributed by atoms with Gasteiger partial charge in [-0.2, -0.15) is 0 Å². The molecule has 1 atom stereocenters. The van der Waals surface area contributed by atoms with Gasteiger partial charge in [0.1, 0.15) is 23.4 Å². The van der Waals surface area contributed by atoms with Crippen LogP contribution in [0.5, 0.6) is 11.5 Å². The van der Waals surface area contributed by atoms with Crippen LogP contribution in [0, 0.1) is 0 Å². The summed E-state index contributed by atoms with van der Waals surface area (Å²) < 4.78 is 10.8. The van der Waals surface area contributed by atoms with Crippen LogP contribution < -0.4 is 9.47 Å². The van der Waals surface area contributed by atoms with Crippen molar-refractivity contribution in [2.75, 3.05) is 27.3 Å². The van der Waals surface area contributed by atoms with Crippen molar-refractivity contribution in [3.05, 3.63) is 54.1 Å².